The first kappa shape index (κ1) is 15.5. The highest BCUT2D eigenvalue weighted by atomic mass is 16.5. The monoisotopic (exact) mass is 312 g/mol. The molecule has 1 atom stereocenters. The van der Waals surface area contributed by atoms with Crippen LogP contribution in [-0.2, 0) is 16.1 Å². The van der Waals surface area contributed by atoms with Crippen LogP contribution >= 0.6 is 0 Å². The summed E-state index contributed by atoms with van der Waals surface area (Å²) in [7, 11) is 0. The first-order chi connectivity index (χ1) is 11.0. The van der Waals surface area contributed by atoms with Crippen molar-refractivity contribution in [2.45, 2.75) is 39.7 Å². The Balaban J connectivity index is 1.79. The van der Waals surface area contributed by atoms with E-state index in [0.717, 1.165) is 29.4 Å². The van der Waals surface area contributed by atoms with Gasteiger partial charge in [0.15, 0.2) is 0 Å². The minimum absolute atomic E-state index is 0.0971. The Kier molecular flexibility index (Phi) is 4.33. The van der Waals surface area contributed by atoms with Crippen molar-refractivity contribution in [2.75, 3.05) is 0 Å². The fraction of sp³-hybridized carbons (Fsp3) is 0.368. The smallest absolute Gasteiger partial charge is 0.336 e. The number of carbonyl (C=O) groups is 1. The fourth-order valence-corrected chi connectivity index (χ4v) is 2.90. The van der Waals surface area contributed by atoms with E-state index in [0.29, 0.717) is 17.6 Å². The summed E-state index contributed by atoms with van der Waals surface area (Å²) in [5.74, 6) is 0.0526. The van der Waals surface area contributed by atoms with Crippen molar-refractivity contribution in [3.05, 3.63) is 57.5 Å². The van der Waals surface area contributed by atoms with Crippen LogP contribution in [0.4, 0.5) is 0 Å². The predicted molar refractivity (Wildman–Crippen MR) is 88.2 cm³/mol. The molecule has 1 aliphatic carbocycles. The molecule has 0 aliphatic heterocycles. The third kappa shape index (κ3) is 3.52. The molecular weight excluding hydrogens is 292 g/mol. The zero-order valence-electron chi connectivity index (χ0n) is 13.4. The highest BCUT2D eigenvalue weighted by molar-refractivity contribution is 5.82. The Labute approximate surface area is 134 Å². The van der Waals surface area contributed by atoms with Crippen LogP contribution in [0.1, 0.15) is 36.0 Å². The molecule has 0 bridgehead atoms. The molecule has 23 heavy (non-hydrogen) atoms. The van der Waals surface area contributed by atoms with E-state index in [1.54, 1.807) is 0 Å². The minimum atomic E-state index is -0.425. The van der Waals surface area contributed by atoms with Crippen LogP contribution < -0.4 is 5.63 Å². The highest BCUT2D eigenvalue weighted by Gasteiger charge is 2.16. The predicted octanol–water partition coefficient (Wildman–Crippen LogP) is 3.81. The van der Waals surface area contributed by atoms with Crippen molar-refractivity contribution in [2.24, 2.45) is 5.92 Å². The van der Waals surface area contributed by atoms with E-state index in [1.165, 1.54) is 6.07 Å². The molecule has 4 heteroatoms. The largest absolute Gasteiger partial charge is 0.461 e. The average molecular weight is 312 g/mol. The molecule has 0 saturated carbocycles. The maximum Gasteiger partial charge on any atom is 0.336 e. The zero-order valence-corrected chi connectivity index (χ0v) is 13.4. The van der Waals surface area contributed by atoms with Gasteiger partial charge in [-0.1, -0.05) is 12.2 Å². The van der Waals surface area contributed by atoms with Gasteiger partial charge in [-0.3, -0.25) is 4.79 Å². The van der Waals surface area contributed by atoms with E-state index in [2.05, 4.69) is 12.2 Å². The molecule has 0 amide bonds. The number of rotatable bonds is 4. The summed E-state index contributed by atoms with van der Waals surface area (Å²) in [6.07, 6.45) is 6.60. The molecule has 3 rings (SSSR count). The molecule has 0 saturated heterocycles. The van der Waals surface area contributed by atoms with E-state index in [1.807, 2.05) is 26.0 Å². The maximum absolute atomic E-state index is 12.0. The number of hydrogen-bond donors (Lipinski definition) is 0. The third-order valence-electron chi connectivity index (χ3n) is 4.37. The number of hydrogen-bond acceptors (Lipinski definition) is 4. The van der Waals surface area contributed by atoms with Crippen LogP contribution in [-0.4, -0.2) is 5.97 Å². The lowest BCUT2D eigenvalue weighted by Crippen LogP contribution is -2.10. The van der Waals surface area contributed by atoms with Crippen molar-refractivity contribution in [3.8, 4) is 0 Å². The summed E-state index contributed by atoms with van der Waals surface area (Å²) in [4.78, 5) is 23.7. The van der Waals surface area contributed by atoms with Gasteiger partial charge in [-0.05, 0) is 55.9 Å². The Hall–Kier alpha value is -2.36. The third-order valence-corrected chi connectivity index (χ3v) is 4.37. The molecule has 1 heterocycles. The van der Waals surface area contributed by atoms with Gasteiger partial charge in [-0.25, -0.2) is 4.79 Å². The fourth-order valence-electron chi connectivity index (χ4n) is 2.90. The van der Waals surface area contributed by atoms with Crippen LogP contribution in [0.15, 0.2) is 39.6 Å². The number of benzene rings is 1. The second-order valence-electron chi connectivity index (χ2n) is 6.15. The Morgan fingerprint density at radius 3 is 2.78 bits per heavy atom. The van der Waals surface area contributed by atoms with E-state index in [-0.39, 0.29) is 18.5 Å². The van der Waals surface area contributed by atoms with Crippen LogP contribution in [0.2, 0.25) is 0 Å². The summed E-state index contributed by atoms with van der Waals surface area (Å²) in [5, 5.41) is 0.821. The SMILES string of the molecule is Cc1cc2oc(=O)cc(COC(=O)C[C@@H]3C=CCC3)c2cc1C. The summed E-state index contributed by atoms with van der Waals surface area (Å²) in [6.45, 7) is 4.07. The summed E-state index contributed by atoms with van der Waals surface area (Å²) < 4.78 is 10.6. The summed E-state index contributed by atoms with van der Waals surface area (Å²) in [6, 6.07) is 5.22. The minimum Gasteiger partial charge on any atom is -0.461 e. The van der Waals surface area contributed by atoms with Crippen molar-refractivity contribution in [3.63, 3.8) is 0 Å². The summed E-state index contributed by atoms with van der Waals surface area (Å²) >= 11 is 0. The van der Waals surface area contributed by atoms with Gasteiger partial charge in [0, 0.05) is 17.0 Å². The highest BCUT2D eigenvalue weighted by Crippen LogP contribution is 2.23. The van der Waals surface area contributed by atoms with Crippen LogP contribution in [0.5, 0.6) is 0 Å². The normalized spacial score (nSPS) is 16.9. The Morgan fingerprint density at radius 1 is 1.26 bits per heavy atom. The van der Waals surface area contributed by atoms with Crippen LogP contribution in [0.3, 0.4) is 0 Å². The number of aryl methyl sites for hydroxylation is 2. The molecule has 120 valence electrons. The van der Waals surface area contributed by atoms with Gasteiger partial charge in [-0.15, -0.1) is 0 Å². The molecular formula is C19H20O4. The molecule has 4 nitrogen and oxygen atoms in total. The average Bonchev–Trinajstić information content (AvgIpc) is 2.99. The topological polar surface area (TPSA) is 56.5 Å². The molecule has 0 radical (unpaired) electrons. The molecule has 0 N–H and O–H groups in total. The molecule has 1 aliphatic rings. The van der Waals surface area contributed by atoms with Crippen molar-refractivity contribution in [1.82, 2.24) is 0 Å². The van der Waals surface area contributed by atoms with Crippen LogP contribution in [0, 0.1) is 19.8 Å². The first-order valence-corrected chi connectivity index (χ1v) is 7.89. The number of ether oxygens (including phenoxy) is 1. The summed E-state index contributed by atoms with van der Waals surface area (Å²) in [5.41, 5.74) is 2.96. The number of fused-ring (bicyclic) bond motifs is 1. The Morgan fingerprint density at radius 2 is 2.04 bits per heavy atom. The number of allylic oxidation sites excluding steroid dienone is 2. The van der Waals surface area contributed by atoms with Crippen molar-refractivity contribution in [1.29, 1.82) is 0 Å². The maximum atomic E-state index is 12.0. The van der Waals surface area contributed by atoms with E-state index in [9.17, 15) is 9.59 Å². The van der Waals surface area contributed by atoms with Gasteiger partial charge in [0.05, 0.1) is 6.42 Å². The second kappa shape index (κ2) is 6.41. The lowest BCUT2D eigenvalue weighted by molar-refractivity contribution is -0.145. The lowest BCUT2D eigenvalue weighted by Gasteiger charge is -2.10. The molecule has 2 aromatic rings. The molecule has 0 fully saturated rings. The van der Waals surface area contributed by atoms with Gasteiger partial charge in [0.25, 0.3) is 0 Å². The lowest BCUT2D eigenvalue weighted by atomic mass is 10.0. The first-order valence-electron chi connectivity index (χ1n) is 7.89. The van der Waals surface area contributed by atoms with E-state index >= 15 is 0 Å². The van der Waals surface area contributed by atoms with Gasteiger partial charge < -0.3 is 9.15 Å². The molecule has 1 aromatic carbocycles. The molecule has 0 unspecified atom stereocenters. The van der Waals surface area contributed by atoms with Crippen molar-refractivity contribution < 1.29 is 13.9 Å². The molecule has 1 aromatic heterocycles. The number of esters is 1. The molecule has 0 spiro atoms. The quantitative estimate of drug-likeness (QED) is 0.489. The standard InChI is InChI=1S/C19H20O4/c1-12-7-16-15(10-19(21)23-17(16)8-13(12)2)11-22-18(20)9-14-5-3-4-6-14/h3,5,7-8,10,14H,4,6,9,11H2,1-2H3/t14-/m1/s1. The van der Waals surface area contributed by atoms with Crippen LogP contribution in [0.25, 0.3) is 11.0 Å². The number of carbonyl (C=O) groups excluding carboxylic acids is 1. The van der Waals surface area contributed by atoms with E-state index < -0.39 is 5.63 Å². The Bertz CT molecular complexity index is 829. The van der Waals surface area contributed by atoms with Gasteiger partial charge >= 0.3 is 11.6 Å². The van der Waals surface area contributed by atoms with Gasteiger partial charge in [-0.2, -0.15) is 0 Å². The zero-order chi connectivity index (χ0) is 16.4. The van der Waals surface area contributed by atoms with E-state index in [4.69, 9.17) is 9.15 Å². The van der Waals surface area contributed by atoms with Gasteiger partial charge in [0.1, 0.15) is 12.2 Å². The second-order valence-corrected chi connectivity index (χ2v) is 6.15. The van der Waals surface area contributed by atoms with Crippen molar-refractivity contribution >= 4 is 16.9 Å². The van der Waals surface area contributed by atoms with Gasteiger partial charge in [0.2, 0.25) is 0 Å².